The summed E-state index contributed by atoms with van der Waals surface area (Å²) in [5.74, 6) is 2.58. The monoisotopic (exact) mass is 318 g/mol. The van der Waals surface area contributed by atoms with Crippen molar-refractivity contribution >= 4 is 11.7 Å². The Kier molecular flexibility index (Phi) is 3.91. The Morgan fingerprint density at radius 3 is 2.65 bits per heavy atom. The van der Waals surface area contributed by atoms with Gasteiger partial charge < -0.3 is 9.80 Å². The summed E-state index contributed by atoms with van der Waals surface area (Å²) in [6, 6.07) is 2.24. The molecule has 0 spiro atoms. The SMILES string of the molecule is O=C1CC(CF)CN1C1CCN(c2ccnc(C3CC3)n2)CC1. The van der Waals surface area contributed by atoms with E-state index in [-0.39, 0.29) is 24.5 Å². The fourth-order valence-corrected chi connectivity index (χ4v) is 3.75. The van der Waals surface area contributed by atoms with Crippen LogP contribution in [0.25, 0.3) is 0 Å². The Balaban J connectivity index is 1.37. The number of amides is 1. The van der Waals surface area contributed by atoms with Crippen LogP contribution in [0.2, 0.25) is 0 Å². The third kappa shape index (κ3) is 3.03. The second-order valence-electron chi connectivity index (χ2n) is 7.04. The van der Waals surface area contributed by atoms with E-state index in [2.05, 4.69) is 9.88 Å². The number of piperidine rings is 1. The van der Waals surface area contributed by atoms with Crippen LogP contribution in [0.1, 0.15) is 43.8 Å². The van der Waals surface area contributed by atoms with Gasteiger partial charge in [0.2, 0.25) is 5.91 Å². The van der Waals surface area contributed by atoms with E-state index in [1.165, 1.54) is 12.8 Å². The first-order valence-corrected chi connectivity index (χ1v) is 8.68. The highest BCUT2D eigenvalue weighted by molar-refractivity contribution is 5.79. The van der Waals surface area contributed by atoms with Gasteiger partial charge in [-0.15, -0.1) is 0 Å². The largest absolute Gasteiger partial charge is 0.356 e. The van der Waals surface area contributed by atoms with Crippen molar-refractivity contribution in [2.45, 2.75) is 44.1 Å². The molecule has 1 aromatic heterocycles. The van der Waals surface area contributed by atoms with Gasteiger partial charge in [-0.05, 0) is 31.7 Å². The predicted octanol–water partition coefficient (Wildman–Crippen LogP) is 2.14. The number of nitrogens with zero attached hydrogens (tertiary/aromatic N) is 4. The van der Waals surface area contributed by atoms with Gasteiger partial charge in [0, 0.05) is 50.1 Å². The quantitative estimate of drug-likeness (QED) is 0.853. The maximum Gasteiger partial charge on any atom is 0.223 e. The number of carbonyl (C=O) groups is 1. The van der Waals surface area contributed by atoms with Gasteiger partial charge in [0.05, 0.1) is 6.67 Å². The van der Waals surface area contributed by atoms with Crippen molar-refractivity contribution in [1.82, 2.24) is 14.9 Å². The molecule has 124 valence electrons. The Hall–Kier alpha value is -1.72. The number of hydrogen-bond acceptors (Lipinski definition) is 4. The summed E-state index contributed by atoms with van der Waals surface area (Å²) in [6.07, 6.45) is 6.53. The highest BCUT2D eigenvalue weighted by Gasteiger charge is 2.36. The molecular formula is C17H23FN4O. The van der Waals surface area contributed by atoms with E-state index in [0.29, 0.717) is 18.9 Å². The van der Waals surface area contributed by atoms with Crippen molar-refractivity contribution < 1.29 is 9.18 Å². The summed E-state index contributed by atoms with van der Waals surface area (Å²) in [7, 11) is 0. The highest BCUT2D eigenvalue weighted by atomic mass is 19.1. The van der Waals surface area contributed by atoms with Crippen LogP contribution in [0, 0.1) is 5.92 Å². The zero-order valence-corrected chi connectivity index (χ0v) is 13.3. The molecule has 0 aromatic carbocycles. The maximum atomic E-state index is 12.8. The topological polar surface area (TPSA) is 49.3 Å². The predicted molar refractivity (Wildman–Crippen MR) is 85.0 cm³/mol. The van der Waals surface area contributed by atoms with Gasteiger partial charge in [-0.1, -0.05) is 0 Å². The Labute approximate surface area is 135 Å². The first kappa shape index (κ1) is 14.8. The van der Waals surface area contributed by atoms with Crippen molar-refractivity contribution in [2.75, 3.05) is 31.2 Å². The van der Waals surface area contributed by atoms with Crippen molar-refractivity contribution in [3.05, 3.63) is 18.1 Å². The lowest BCUT2D eigenvalue weighted by Gasteiger charge is -2.37. The molecule has 1 aromatic rings. The number of halogens is 1. The van der Waals surface area contributed by atoms with Crippen LogP contribution in [0.4, 0.5) is 10.2 Å². The second kappa shape index (κ2) is 6.06. The van der Waals surface area contributed by atoms with Crippen LogP contribution >= 0.6 is 0 Å². The molecule has 1 atom stereocenters. The molecule has 4 rings (SSSR count). The van der Waals surface area contributed by atoms with Gasteiger partial charge in [-0.3, -0.25) is 9.18 Å². The first-order valence-electron chi connectivity index (χ1n) is 8.68. The number of rotatable bonds is 4. The van der Waals surface area contributed by atoms with E-state index in [9.17, 15) is 9.18 Å². The van der Waals surface area contributed by atoms with E-state index in [1.54, 1.807) is 0 Å². The summed E-state index contributed by atoms with van der Waals surface area (Å²) in [5, 5.41) is 0. The molecule has 3 heterocycles. The summed E-state index contributed by atoms with van der Waals surface area (Å²) >= 11 is 0. The molecule has 1 unspecified atom stereocenters. The van der Waals surface area contributed by atoms with E-state index >= 15 is 0 Å². The molecule has 23 heavy (non-hydrogen) atoms. The molecule has 0 N–H and O–H groups in total. The first-order chi connectivity index (χ1) is 11.2. The molecule has 2 aliphatic heterocycles. The number of aromatic nitrogens is 2. The average molecular weight is 318 g/mol. The molecule has 6 heteroatoms. The molecule has 0 radical (unpaired) electrons. The van der Waals surface area contributed by atoms with Crippen LogP contribution in [-0.4, -0.2) is 53.1 Å². The van der Waals surface area contributed by atoms with Crippen molar-refractivity contribution in [2.24, 2.45) is 5.92 Å². The van der Waals surface area contributed by atoms with Crippen LogP contribution in [0.5, 0.6) is 0 Å². The Morgan fingerprint density at radius 2 is 2.00 bits per heavy atom. The fraction of sp³-hybridized carbons (Fsp3) is 0.706. The van der Waals surface area contributed by atoms with Crippen LogP contribution < -0.4 is 4.90 Å². The van der Waals surface area contributed by atoms with Gasteiger partial charge in [-0.25, -0.2) is 9.97 Å². The van der Waals surface area contributed by atoms with Crippen molar-refractivity contribution in [1.29, 1.82) is 0 Å². The lowest BCUT2D eigenvalue weighted by Crippen LogP contribution is -2.46. The highest BCUT2D eigenvalue weighted by Crippen LogP contribution is 2.38. The second-order valence-corrected chi connectivity index (χ2v) is 7.04. The summed E-state index contributed by atoms with van der Waals surface area (Å²) in [6.45, 7) is 2.01. The summed E-state index contributed by atoms with van der Waals surface area (Å²) < 4.78 is 12.8. The smallest absolute Gasteiger partial charge is 0.223 e. The molecule has 1 aliphatic carbocycles. The average Bonchev–Trinajstić information content (AvgIpc) is 3.38. The maximum absolute atomic E-state index is 12.8. The number of alkyl halides is 1. The number of likely N-dealkylation sites (tertiary alicyclic amines) is 1. The minimum Gasteiger partial charge on any atom is -0.356 e. The van der Waals surface area contributed by atoms with Gasteiger partial charge in [0.1, 0.15) is 11.6 Å². The van der Waals surface area contributed by atoms with Gasteiger partial charge in [0.15, 0.2) is 0 Å². The van der Waals surface area contributed by atoms with Gasteiger partial charge in [0.25, 0.3) is 0 Å². The minimum absolute atomic E-state index is 0.0940. The standard InChI is InChI=1S/C17H23FN4O/c18-10-12-9-16(23)22(11-12)14-4-7-21(8-5-14)15-3-6-19-17(20-15)13-1-2-13/h3,6,12-14H,1-2,4-5,7-11H2. The zero-order valence-electron chi connectivity index (χ0n) is 13.3. The Morgan fingerprint density at radius 1 is 1.22 bits per heavy atom. The van der Waals surface area contributed by atoms with E-state index < -0.39 is 0 Å². The normalized spacial score (nSPS) is 26.1. The van der Waals surface area contributed by atoms with Crippen LogP contribution in [-0.2, 0) is 4.79 Å². The molecule has 2 saturated heterocycles. The van der Waals surface area contributed by atoms with Crippen LogP contribution in [0.3, 0.4) is 0 Å². The minimum atomic E-state index is -0.383. The molecule has 3 aliphatic rings. The van der Waals surface area contributed by atoms with E-state index in [4.69, 9.17) is 4.98 Å². The fourth-order valence-electron chi connectivity index (χ4n) is 3.75. The summed E-state index contributed by atoms with van der Waals surface area (Å²) in [5.41, 5.74) is 0. The lowest BCUT2D eigenvalue weighted by molar-refractivity contribution is -0.130. The third-order valence-electron chi connectivity index (χ3n) is 5.29. The lowest BCUT2D eigenvalue weighted by atomic mass is 10.0. The Bertz CT molecular complexity index is 584. The van der Waals surface area contributed by atoms with Crippen molar-refractivity contribution in [3.63, 3.8) is 0 Å². The molecule has 5 nitrogen and oxygen atoms in total. The van der Waals surface area contributed by atoms with Gasteiger partial charge >= 0.3 is 0 Å². The third-order valence-corrected chi connectivity index (χ3v) is 5.29. The number of hydrogen-bond donors (Lipinski definition) is 0. The molecule has 3 fully saturated rings. The van der Waals surface area contributed by atoms with Crippen LogP contribution in [0.15, 0.2) is 12.3 Å². The zero-order chi connectivity index (χ0) is 15.8. The van der Waals surface area contributed by atoms with E-state index in [0.717, 1.165) is 37.6 Å². The number of carbonyl (C=O) groups excluding carboxylic acids is 1. The number of anilines is 1. The van der Waals surface area contributed by atoms with E-state index in [1.807, 2.05) is 17.2 Å². The molecule has 1 amide bonds. The molecule has 0 bridgehead atoms. The van der Waals surface area contributed by atoms with Gasteiger partial charge in [-0.2, -0.15) is 0 Å². The summed E-state index contributed by atoms with van der Waals surface area (Å²) in [4.78, 5) is 25.3. The molecular weight excluding hydrogens is 295 g/mol. The molecule has 1 saturated carbocycles. The van der Waals surface area contributed by atoms with Crippen molar-refractivity contribution in [3.8, 4) is 0 Å².